The number of carbonyl (C=O) groups is 2. The summed E-state index contributed by atoms with van der Waals surface area (Å²) in [4.78, 5) is 25.0. The Bertz CT molecular complexity index is 1670. The van der Waals surface area contributed by atoms with Gasteiger partial charge in [-0.2, -0.15) is 0 Å². The molecule has 3 heterocycles. The summed E-state index contributed by atoms with van der Waals surface area (Å²) in [6.45, 7) is 6.73. The molecule has 0 aromatic carbocycles. The van der Waals surface area contributed by atoms with Crippen LogP contribution in [0.1, 0.15) is 79.1 Å². The van der Waals surface area contributed by atoms with E-state index in [1.54, 1.807) is 86.8 Å². The number of carboxylic acids is 1. The van der Waals surface area contributed by atoms with Gasteiger partial charge in [-0.15, -0.1) is 0 Å². The number of nitrogens with two attached hydrogens (primary N) is 1. The van der Waals surface area contributed by atoms with Crippen molar-refractivity contribution in [2.24, 2.45) is 23.5 Å². The fourth-order valence-corrected chi connectivity index (χ4v) is 7.95. The molecule has 0 amide bonds. The molecular formula is C47H72NNaO17. The van der Waals surface area contributed by atoms with Crippen LogP contribution in [-0.4, -0.2) is 160 Å². The smallest absolute Gasteiger partial charge is 0.550 e. The molecule has 66 heavy (non-hydrogen) atoms. The number of carbonyl (C=O) groups excluding carboxylic acids is 2. The fourth-order valence-electron chi connectivity index (χ4n) is 7.95. The first-order chi connectivity index (χ1) is 30.6. The minimum absolute atomic E-state index is 0. The van der Waals surface area contributed by atoms with Gasteiger partial charge in [-0.05, 0) is 33.1 Å². The van der Waals surface area contributed by atoms with Gasteiger partial charge in [0.05, 0.1) is 85.5 Å². The number of ether oxygens (including phenoxy) is 4. The Hall–Kier alpha value is -2.44. The maximum absolute atomic E-state index is 12.6. The monoisotopic (exact) mass is 945 g/mol. The largest absolute Gasteiger partial charge is 1.00 e. The number of rotatable bonds is 3. The van der Waals surface area contributed by atoms with Gasteiger partial charge in [0.25, 0.3) is 0 Å². The van der Waals surface area contributed by atoms with Crippen molar-refractivity contribution in [3.63, 3.8) is 0 Å². The van der Waals surface area contributed by atoms with E-state index in [-0.39, 0.29) is 61.2 Å². The van der Waals surface area contributed by atoms with Crippen LogP contribution in [-0.2, 0) is 28.5 Å². The number of hydrogen-bond donors (Lipinski definition) is 11. The maximum Gasteiger partial charge on any atom is 1.00 e. The van der Waals surface area contributed by atoms with Gasteiger partial charge < -0.3 is 85.6 Å². The van der Waals surface area contributed by atoms with E-state index in [9.17, 15) is 65.8 Å². The molecule has 2 saturated heterocycles. The molecule has 0 saturated carbocycles. The number of carboxylic acid groups (broad SMARTS) is 1. The number of allylic oxidation sites excluding steroid dienone is 12. The second kappa shape index (κ2) is 29.6. The number of esters is 1. The third kappa shape index (κ3) is 19.9. The first kappa shape index (κ1) is 59.7. The van der Waals surface area contributed by atoms with E-state index in [2.05, 4.69) is 0 Å². The van der Waals surface area contributed by atoms with Crippen LogP contribution in [0.4, 0.5) is 0 Å². The molecule has 368 valence electrons. The molecule has 2 fully saturated rings. The molecule has 12 N–H and O–H groups in total. The van der Waals surface area contributed by atoms with E-state index in [1.807, 2.05) is 13.0 Å². The average molecular weight is 946 g/mol. The van der Waals surface area contributed by atoms with Crippen LogP contribution in [0.5, 0.6) is 0 Å². The molecule has 0 aliphatic carbocycles. The van der Waals surface area contributed by atoms with Crippen molar-refractivity contribution in [3.8, 4) is 0 Å². The zero-order chi connectivity index (χ0) is 48.4. The van der Waals surface area contributed by atoms with Gasteiger partial charge in [0.2, 0.25) is 0 Å². The number of aliphatic hydroxyl groups is 10. The van der Waals surface area contributed by atoms with Crippen LogP contribution < -0.4 is 40.4 Å². The molecule has 3 aliphatic rings. The fraction of sp³-hybridized carbons (Fsp3) is 0.660. The third-order valence-corrected chi connectivity index (χ3v) is 12.0. The molecule has 19 heteroatoms. The molecule has 0 aromatic heterocycles. The van der Waals surface area contributed by atoms with E-state index >= 15 is 0 Å². The topological polar surface area (TPSA) is 322 Å². The summed E-state index contributed by atoms with van der Waals surface area (Å²) in [7, 11) is 0. The Labute approximate surface area is 409 Å². The molecule has 2 bridgehead atoms. The van der Waals surface area contributed by atoms with Gasteiger partial charge >= 0.3 is 35.5 Å². The minimum atomic E-state index is -2.35. The van der Waals surface area contributed by atoms with E-state index in [1.165, 1.54) is 13.0 Å². The molecule has 0 aromatic rings. The van der Waals surface area contributed by atoms with Crippen LogP contribution in [0.25, 0.3) is 0 Å². The quantitative estimate of drug-likeness (QED) is 0.0961. The van der Waals surface area contributed by atoms with Crippen molar-refractivity contribution in [3.05, 3.63) is 85.1 Å². The molecule has 3 aliphatic heterocycles. The Morgan fingerprint density at radius 1 is 0.682 bits per heavy atom. The first-order valence-corrected chi connectivity index (χ1v) is 22.3. The minimum Gasteiger partial charge on any atom is -0.550 e. The van der Waals surface area contributed by atoms with Gasteiger partial charge in [-0.3, -0.25) is 4.79 Å². The predicted octanol–water partition coefficient (Wildman–Crippen LogP) is -3.62. The summed E-state index contributed by atoms with van der Waals surface area (Å²) in [5.74, 6) is -7.22. The van der Waals surface area contributed by atoms with E-state index in [4.69, 9.17) is 24.7 Å². The van der Waals surface area contributed by atoms with E-state index < -0.39 is 147 Å². The summed E-state index contributed by atoms with van der Waals surface area (Å²) in [5, 5.41) is 120. The van der Waals surface area contributed by atoms with Gasteiger partial charge in [0.15, 0.2) is 12.1 Å². The van der Waals surface area contributed by atoms with Gasteiger partial charge in [-0.25, -0.2) is 0 Å². The number of cyclic esters (lactones) is 1. The van der Waals surface area contributed by atoms with E-state index in [0.717, 1.165) is 0 Å². The normalized spacial score (nSPS) is 44.8. The van der Waals surface area contributed by atoms with Gasteiger partial charge in [0, 0.05) is 43.5 Å². The van der Waals surface area contributed by atoms with Crippen LogP contribution in [0.15, 0.2) is 85.1 Å². The van der Waals surface area contributed by atoms with Crippen LogP contribution in [0.2, 0.25) is 0 Å². The first-order valence-electron chi connectivity index (χ1n) is 22.3. The summed E-state index contributed by atoms with van der Waals surface area (Å²) >= 11 is 0. The molecule has 18 nitrogen and oxygen atoms in total. The number of aliphatic hydroxyl groups excluding tert-OH is 9. The predicted molar refractivity (Wildman–Crippen MR) is 234 cm³/mol. The second-order valence-corrected chi connectivity index (χ2v) is 17.5. The Kier molecular flexibility index (Phi) is 26.7. The van der Waals surface area contributed by atoms with Crippen molar-refractivity contribution in [1.82, 2.24) is 0 Å². The summed E-state index contributed by atoms with van der Waals surface area (Å²) in [5.41, 5.74) is 6.01. The second-order valence-electron chi connectivity index (χ2n) is 17.5. The van der Waals surface area contributed by atoms with Crippen molar-refractivity contribution in [2.75, 3.05) is 0 Å². The molecule has 0 spiro atoms. The van der Waals surface area contributed by atoms with E-state index in [0.29, 0.717) is 0 Å². The van der Waals surface area contributed by atoms with Crippen LogP contribution >= 0.6 is 0 Å². The standard InChI is InChI=1S/C47H73NO17.Na/c1-27-17-15-13-11-9-7-5-6-8-10-12-14-16-18-34(64-46-44(58)41(48)43(57)30(4)63-46)24-38-40(45(59)60)37(54)26-47(61,65-38)25-33(51)22-36(53)35(52)20-19-31(49)21-32(50)23-39(55)62-29(3)28(2)42(27)56;/h5-18,27-38,40-44,46,49-54,56-58,61H,19-26,48H2,1-4H3,(H,59,60);/q;+1/p-1/b6-5+,9-7+,10-8+,13-11+,14-12+,17-15+,18-16+;/t27-,28-,29-,30+,31+,32+,33-,34-,35+,36+,37-,38-,40+,41?,42+,43+,44-,46-,47+;/m0./s1. The molecule has 19 atom stereocenters. The summed E-state index contributed by atoms with van der Waals surface area (Å²) in [6, 6.07) is -1.16. The maximum atomic E-state index is 12.6. The SMILES string of the molecule is C[C@@H]1[C@H](O)[C@@H](C)/C=C/C=C/C=C/C=C/C=C/C=C/C=C/[C@H](O[C@@H]2O[C@H](C)[C@@H](O)C(N)[C@@H]2O)C[C@@H]2O[C@](O)(C[C@@H](O)C[C@@H](O)[C@H](O)CC[C@@H](O)C[C@@H](O)CC(=O)O[C@H]1C)C[C@H](O)[C@H]2C(=O)[O-].[Na+]. The molecule has 3 rings (SSSR count). The zero-order valence-electron chi connectivity index (χ0n) is 38.5. The molecule has 0 radical (unpaired) electrons. The average Bonchev–Trinajstić information content (AvgIpc) is 3.21. The zero-order valence-corrected chi connectivity index (χ0v) is 40.5. The summed E-state index contributed by atoms with van der Waals surface area (Å²) in [6.07, 6.45) is 2.97. The Balaban J connectivity index is 0.0000150. The number of hydrogen-bond acceptors (Lipinski definition) is 18. The Morgan fingerprint density at radius 2 is 1.24 bits per heavy atom. The van der Waals surface area contributed by atoms with Crippen molar-refractivity contribution >= 4 is 11.9 Å². The van der Waals surface area contributed by atoms with Crippen molar-refractivity contribution in [2.45, 2.75) is 177 Å². The third-order valence-electron chi connectivity index (χ3n) is 12.0. The Morgan fingerprint density at radius 3 is 1.82 bits per heavy atom. The van der Waals surface area contributed by atoms with Crippen molar-refractivity contribution < 1.29 is 114 Å². The number of fused-ring (bicyclic) bond motifs is 2. The number of aliphatic carboxylic acids is 1. The van der Waals surface area contributed by atoms with Crippen molar-refractivity contribution in [1.29, 1.82) is 0 Å². The van der Waals surface area contributed by atoms with Gasteiger partial charge in [0.1, 0.15) is 12.2 Å². The van der Waals surface area contributed by atoms with Crippen LogP contribution in [0.3, 0.4) is 0 Å². The van der Waals surface area contributed by atoms with Gasteiger partial charge in [-0.1, -0.05) is 98.9 Å². The van der Waals surface area contributed by atoms with Crippen LogP contribution in [0, 0.1) is 17.8 Å². The molecule has 1 unspecified atom stereocenters. The molecular weight excluding hydrogens is 873 g/mol. The summed E-state index contributed by atoms with van der Waals surface area (Å²) < 4.78 is 23.1.